The maximum atomic E-state index is 14.1. The van der Waals surface area contributed by atoms with E-state index >= 15 is 0 Å². The Bertz CT molecular complexity index is 1850. The zero-order chi connectivity index (χ0) is 30.5. The van der Waals surface area contributed by atoms with Crippen molar-refractivity contribution in [3.05, 3.63) is 118 Å². The Morgan fingerprint density at radius 2 is 1.79 bits per heavy atom. The Balaban J connectivity index is 1.66. The molecule has 0 radical (unpaired) electrons. The van der Waals surface area contributed by atoms with Gasteiger partial charge in [0.2, 0.25) is 0 Å². The average molecular weight is 711 g/mol. The molecule has 10 heteroatoms. The number of nitrogens with zero attached hydrogens (tertiary/aromatic N) is 2. The third-order valence-electron chi connectivity index (χ3n) is 6.80. The van der Waals surface area contributed by atoms with Gasteiger partial charge in [-0.3, -0.25) is 9.36 Å². The molecule has 3 aromatic carbocycles. The highest BCUT2D eigenvalue weighted by Gasteiger charge is 2.33. The number of hydrogen-bond donors (Lipinski definition) is 0. The lowest BCUT2D eigenvalue weighted by atomic mass is 9.96. The van der Waals surface area contributed by atoms with Gasteiger partial charge >= 0.3 is 5.97 Å². The summed E-state index contributed by atoms with van der Waals surface area (Å²) in [7, 11) is 1.59. The summed E-state index contributed by atoms with van der Waals surface area (Å²) in [5.41, 5.74) is 3.01. The van der Waals surface area contributed by atoms with Crippen LogP contribution in [0.4, 0.5) is 0 Å². The van der Waals surface area contributed by atoms with Crippen LogP contribution in [0, 0.1) is 3.57 Å². The molecule has 0 spiro atoms. The lowest BCUT2D eigenvalue weighted by molar-refractivity contribution is -0.139. The van der Waals surface area contributed by atoms with Crippen LogP contribution in [0.1, 0.15) is 43.5 Å². The number of hydrogen-bond acceptors (Lipinski definition) is 8. The fraction of sp³-hybridized carbons (Fsp3) is 0.242. The van der Waals surface area contributed by atoms with Crippen molar-refractivity contribution in [2.24, 2.45) is 4.99 Å². The molecule has 0 saturated carbocycles. The molecule has 1 aromatic heterocycles. The number of halogens is 1. The molecule has 0 saturated heterocycles. The minimum atomic E-state index is -0.715. The first-order chi connectivity index (χ1) is 20.8. The Hall–Kier alpha value is -3.90. The van der Waals surface area contributed by atoms with Gasteiger partial charge in [-0.2, -0.15) is 0 Å². The van der Waals surface area contributed by atoms with Gasteiger partial charge in [0.25, 0.3) is 5.56 Å². The van der Waals surface area contributed by atoms with Gasteiger partial charge in [-0.05, 0) is 84.8 Å². The van der Waals surface area contributed by atoms with Gasteiger partial charge in [0.15, 0.2) is 16.3 Å². The predicted octanol–water partition coefficient (Wildman–Crippen LogP) is 5.39. The van der Waals surface area contributed by atoms with Crippen LogP contribution in [0.15, 0.2) is 87.8 Å². The van der Waals surface area contributed by atoms with Crippen molar-refractivity contribution in [2.45, 2.75) is 33.4 Å². The van der Waals surface area contributed by atoms with Crippen LogP contribution in [-0.2, 0) is 16.1 Å². The highest BCUT2D eigenvalue weighted by Crippen LogP contribution is 2.35. The van der Waals surface area contributed by atoms with E-state index in [2.05, 4.69) is 27.6 Å². The molecule has 1 aliphatic heterocycles. The maximum Gasteiger partial charge on any atom is 0.338 e. The first kappa shape index (κ1) is 30.6. The highest BCUT2D eigenvalue weighted by atomic mass is 127. The van der Waals surface area contributed by atoms with E-state index in [9.17, 15) is 9.59 Å². The summed E-state index contributed by atoms with van der Waals surface area (Å²) >= 11 is 3.47. The fourth-order valence-electron chi connectivity index (χ4n) is 4.89. The average Bonchev–Trinajstić information content (AvgIpc) is 3.30. The van der Waals surface area contributed by atoms with E-state index in [1.807, 2.05) is 73.7 Å². The molecule has 8 nitrogen and oxygen atoms in total. The first-order valence-corrected chi connectivity index (χ1v) is 15.7. The highest BCUT2D eigenvalue weighted by molar-refractivity contribution is 14.1. The lowest BCUT2D eigenvalue weighted by Crippen LogP contribution is -2.39. The van der Waals surface area contributed by atoms with Gasteiger partial charge in [-0.1, -0.05) is 53.8 Å². The summed E-state index contributed by atoms with van der Waals surface area (Å²) in [6, 6.07) is 20.4. The van der Waals surface area contributed by atoms with Gasteiger partial charge in [0.05, 0.1) is 42.2 Å². The second-order valence-corrected chi connectivity index (χ2v) is 11.9. The number of esters is 1. The fourth-order valence-corrected chi connectivity index (χ4v) is 6.55. The Morgan fingerprint density at radius 3 is 2.47 bits per heavy atom. The molecule has 2 heterocycles. The summed E-state index contributed by atoms with van der Waals surface area (Å²) in [6.07, 6.45) is 1.80. The first-order valence-electron chi connectivity index (χ1n) is 13.8. The Kier molecular flexibility index (Phi) is 9.66. The van der Waals surface area contributed by atoms with Crippen LogP contribution >= 0.6 is 33.9 Å². The smallest absolute Gasteiger partial charge is 0.338 e. The van der Waals surface area contributed by atoms with E-state index in [1.54, 1.807) is 31.6 Å². The number of allylic oxidation sites excluding steroid dienone is 1. The molecule has 222 valence electrons. The standard InChI is InChI=1S/C33H31IN2O6S/c1-5-40-25-14-12-22(13-15-25)29-28(32(38)41-6-2)20(3)35-33-36(29)31(37)27(43-33)17-23-16-24(34)18-26(39-4)30(23)42-19-21-10-8-7-9-11-21/h7-18,29H,5-6,19H2,1-4H3/b27-17-/t29-/m1/s1. The second kappa shape index (κ2) is 13.6. The number of aromatic nitrogens is 1. The van der Waals surface area contributed by atoms with Gasteiger partial charge in [0.1, 0.15) is 12.4 Å². The van der Waals surface area contributed by atoms with E-state index in [-0.39, 0.29) is 12.2 Å². The van der Waals surface area contributed by atoms with E-state index < -0.39 is 12.0 Å². The molecule has 0 amide bonds. The van der Waals surface area contributed by atoms with E-state index in [0.29, 0.717) is 56.6 Å². The molecule has 0 bridgehead atoms. The largest absolute Gasteiger partial charge is 0.494 e. The number of methoxy groups -OCH3 is 1. The van der Waals surface area contributed by atoms with Crippen molar-refractivity contribution in [1.82, 2.24) is 4.57 Å². The van der Waals surface area contributed by atoms with E-state index in [1.165, 1.54) is 11.3 Å². The molecule has 0 N–H and O–H groups in total. The predicted molar refractivity (Wildman–Crippen MR) is 174 cm³/mol. The molecular weight excluding hydrogens is 679 g/mol. The molecule has 43 heavy (non-hydrogen) atoms. The quantitative estimate of drug-likeness (QED) is 0.162. The monoisotopic (exact) mass is 710 g/mol. The van der Waals surface area contributed by atoms with Crippen LogP contribution in [0.25, 0.3) is 6.08 Å². The number of rotatable bonds is 10. The Morgan fingerprint density at radius 1 is 1.05 bits per heavy atom. The summed E-state index contributed by atoms with van der Waals surface area (Å²) < 4.78 is 25.9. The molecular formula is C33H31IN2O6S. The van der Waals surface area contributed by atoms with Crippen molar-refractivity contribution in [2.75, 3.05) is 20.3 Å². The lowest BCUT2D eigenvalue weighted by Gasteiger charge is -2.24. The van der Waals surface area contributed by atoms with Gasteiger partial charge < -0.3 is 18.9 Å². The number of fused-ring (bicyclic) bond motifs is 1. The van der Waals surface area contributed by atoms with Crippen LogP contribution in [0.3, 0.4) is 0 Å². The molecule has 4 aromatic rings. The van der Waals surface area contributed by atoms with E-state index in [4.69, 9.17) is 18.9 Å². The minimum absolute atomic E-state index is 0.205. The normalized spacial score (nSPS) is 14.6. The topological polar surface area (TPSA) is 88.4 Å². The number of carbonyl (C=O) groups excluding carboxylic acids is 1. The van der Waals surface area contributed by atoms with Crippen LogP contribution < -0.4 is 29.1 Å². The third kappa shape index (κ3) is 6.54. The molecule has 1 aliphatic rings. The van der Waals surface area contributed by atoms with Crippen molar-refractivity contribution in [3.63, 3.8) is 0 Å². The molecule has 0 aliphatic carbocycles. The number of carbonyl (C=O) groups is 1. The zero-order valence-electron chi connectivity index (χ0n) is 24.3. The number of benzene rings is 3. The van der Waals surface area contributed by atoms with Gasteiger partial charge in [-0.15, -0.1) is 0 Å². The summed E-state index contributed by atoms with van der Waals surface area (Å²) in [6.45, 7) is 6.50. The zero-order valence-corrected chi connectivity index (χ0v) is 27.2. The SMILES string of the molecule is CCOC(=O)C1=C(C)N=c2s/c(=C\c3cc(I)cc(OC)c3OCc3ccccc3)c(=O)n2[C@@H]1c1ccc(OCC)cc1. The second-order valence-electron chi connectivity index (χ2n) is 9.60. The number of thiazole rings is 1. The van der Waals surface area contributed by atoms with Crippen LogP contribution in [-0.4, -0.2) is 30.9 Å². The molecule has 0 unspecified atom stereocenters. The van der Waals surface area contributed by atoms with Crippen LogP contribution in [0.5, 0.6) is 17.2 Å². The molecule has 0 fully saturated rings. The van der Waals surface area contributed by atoms with Crippen molar-refractivity contribution < 1.29 is 23.7 Å². The van der Waals surface area contributed by atoms with Crippen molar-refractivity contribution in [3.8, 4) is 17.2 Å². The van der Waals surface area contributed by atoms with Crippen LogP contribution in [0.2, 0.25) is 0 Å². The molecule has 1 atom stereocenters. The van der Waals surface area contributed by atoms with E-state index in [0.717, 1.165) is 14.7 Å². The summed E-state index contributed by atoms with van der Waals surface area (Å²) in [4.78, 5) is 32.5. The molecule has 5 rings (SSSR count). The number of ether oxygens (including phenoxy) is 4. The van der Waals surface area contributed by atoms with Crippen molar-refractivity contribution in [1.29, 1.82) is 0 Å². The van der Waals surface area contributed by atoms with Gasteiger partial charge in [0, 0.05) is 9.13 Å². The summed E-state index contributed by atoms with van der Waals surface area (Å²) in [5.74, 6) is 1.29. The Labute approximate surface area is 267 Å². The summed E-state index contributed by atoms with van der Waals surface area (Å²) in [5, 5.41) is 0. The van der Waals surface area contributed by atoms with Crippen molar-refractivity contribution >= 4 is 46.0 Å². The third-order valence-corrected chi connectivity index (χ3v) is 8.41. The maximum absolute atomic E-state index is 14.1. The van der Waals surface area contributed by atoms with Gasteiger partial charge in [-0.25, -0.2) is 9.79 Å². The minimum Gasteiger partial charge on any atom is -0.494 e.